The van der Waals surface area contributed by atoms with Crippen LogP contribution in [-0.2, 0) is 6.42 Å². The van der Waals surface area contributed by atoms with Crippen molar-refractivity contribution in [3.05, 3.63) is 35.4 Å². The standard InChI is InChI=1S/C16H25NO/c1-5-13-8-10-14(11-9-13)16(18)12-17(4)15(6-2)7-3/h8-11,15H,5-7,12H2,1-4H3. The van der Waals surface area contributed by atoms with E-state index in [-0.39, 0.29) is 5.78 Å². The summed E-state index contributed by atoms with van der Waals surface area (Å²) in [5, 5.41) is 0. The smallest absolute Gasteiger partial charge is 0.176 e. The summed E-state index contributed by atoms with van der Waals surface area (Å²) in [4.78, 5) is 14.3. The maximum atomic E-state index is 12.1. The SMILES string of the molecule is CCc1ccc(C(=O)CN(C)C(CC)CC)cc1. The van der Waals surface area contributed by atoms with Crippen molar-refractivity contribution in [3.63, 3.8) is 0 Å². The van der Waals surface area contributed by atoms with Gasteiger partial charge in [-0.05, 0) is 31.9 Å². The van der Waals surface area contributed by atoms with Crippen LogP contribution in [0.2, 0.25) is 0 Å². The number of carbonyl (C=O) groups excluding carboxylic acids is 1. The fourth-order valence-corrected chi connectivity index (χ4v) is 2.29. The Hall–Kier alpha value is -1.15. The maximum Gasteiger partial charge on any atom is 0.176 e. The van der Waals surface area contributed by atoms with E-state index in [1.807, 2.05) is 31.3 Å². The summed E-state index contributed by atoms with van der Waals surface area (Å²) < 4.78 is 0. The van der Waals surface area contributed by atoms with E-state index in [1.54, 1.807) is 0 Å². The quantitative estimate of drug-likeness (QED) is 0.687. The molecule has 0 fully saturated rings. The van der Waals surface area contributed by atoms with Gasteiger partial charge in [0.15, 0.2) is 5.78 Å². The molecule has 1 aromatic rings. The normalized spacial score (nSPS) is 11.2. The molecule has 0 aliphatic heterocycles. The van der Waals surface area contributed by atoms with Crippen molar-refractivity contribution in [2.45, 2.75) is 46.1 Å². The predicted molar refractivity (Wildman–Crippen MR) is 77.2 cm³/mol. The fourth-order valence-electron chi connectivity index (χ4n) is 2.29. The van der Waals surface area contributed by atoms with Gasteiger partial charge in [-0.2, -0.15) is 0 Å². The maximum absolute atomic E-state index is 12.1. The van der Waals surface area contributed by atoms with Gasteiger partial charge in [-0.25, -0.2) is 0 Å². The summed E-state index contributed by atoms with van der Waals surface area (Å²) in [6.07, 6.45) is 3.20. The second-order valence-electron chi connectivity index (χ2n) is 4.86. The number of hydrogen-bond acceptors (Lipinski definition) is 2. The molecule has 1 rings (SSSR count). The Labute approximate surface area is 111 Å². The minimum Gasteiger partial charge on any atom is -0.296 e. The second kappa shape index (κ2) is 7.32. The van der Waals surface area contributed by atoms with Crippen LogP contribution in [0.25, 0.3) is 0 Å². The summed E-state index contributed by atoms with van der Waals surface area (Å²) in [5.41, 5.74) is 2.10. The molecule has 0 radical (unpaired) electrons. The van der Waals surface area contributed by atoms with Crippen molar-refractivity contribution in [2.24, 2.45) is 0 Å². The highest BCUT2D eigenvalue weighted by molar-refractivity contribution is 5.97. The molecule has 100 valence electrons. The number of carbonyl (C=O) groups is 1. The summed E-state index contributed by atoms with van der Waals surface area (Å²) in [7, 11) is 2.04. The van der Waals surface area contributed by atoms with Crippen molar-refractivity contribution >= 4 is 5.78 Å². The molecular weight excluding hydrogens is 222 g/mol. The molecule has 0 saturated carbocycles. The number of likely N-dealkylation sites (N-methyl/N-ethyl adjacent to an activating group) is 1. The lowest BCUT2D eigenvalue weighted by atomic mass is 10.1. The van der Waals surface area contributed by atoms with Crippen LogP contribution in [0.1, 0.15) is 49.5 Å². The molecule has 0 unspecified atom stereocenters. The predicted octanol–water partition coefficient (Wildman–Crippen LogP) is 3.55. The Morgan fingerprint density at radius 3 is 2.11 bits per heavy atom. The molecule has 0 aromatic heterocycles. The molecule has 0 spiro atoms. The average molecular weight is 247 g/mol. The Balaban J connectivity index is 2.64. The lowest BCUT2D eigenvalue weighted by molar-refractivity contribution is 0.0915. The Kier molecular flexibility index (Phi) is 6.06. The third kappa shape index (κ3) is 3.95. The zero-order chi connectivity index (χ0) is 13.5. The fraction of sp³-hybridized carbons (Fsp3) is 0.562. The minimum absolute atomic E-state index is 0.215. The van der Waals surface area contributed by atoms with Gasteiger partial charge in [0.05, 0.1) is 6.54 Å². The van der Waals surface area contributed by atoms with Gasteiger partial charge in [0.2, 0.25) is 0 Å². The molecule has 0 aliphatic rings. The van der Waals surface area contributed by atoms with Crippen molar-refractivity contribution in [3.8, 4) is 0 Å². The monoisotopic (exact) mass is 247 g/mol. The van der Waals surface area contributed by atoms with Crippen LogP contribution in [0, 0.1) is 0 Å². The van der Waals surface area contributed by atoms with Gasteiger partial charge in [0.1, 0.15) is 0 Å². The van der Waals surface area contributed by atoms with Gasteiger partial charge in [0.25, 0.3) is 0 Å². The van der Waals surface area contributed by atoms with Crippen molar-refractivity contribution < 1.29 is 4.79 Å². The van der Waals surface area contributed by atoms with E-state index >= 15 is 0 Å². The Morgan fingerprint density at radius 2 is 1.67 bits per heavy atom. The molecule has 0 bridgehead atoms. The van der Waals surface area contributed by atoms with Gasteiger partial charge in [-0.1, -0.05) is 45.0 Å². The first-order valence-corrected chi connectivity index (χ1v) is 6.94. The first kappa shape index (κ1) is 14.9. The largest absolute Gasteiger partial charge is 0.296 e. The van der Waals surface area contributed by atoms with Crippen LogP contribution in [0.5, 0.6) is 0 Å². The third-order valence-electron chi connectivity index (χ3n) is 3.64. The molecule has 0 atom stereocenters. The molecule has 0 amide bonds. The van der Waals surface area contributed by atoms with Crippen LogP contribution in [0.3, 0.4) is 0 Å². The molecule has 2 heteroatoms. The van der Waals surface area contributed by atoms with E-state index in [0.29, 0.717) is 12.6 Å². The molecular formula is C16H25NO. The summed E-state index contributed by atoms with van der Waals surface area (Å²) in [5.74, 6) is 0.215. The van der Waals surface area contributed by atoms with E-state index in [0.717, 1.165) is 24.8 Å². The summed E-state index contributed by atoms with van der Waals surface area (Å²) >= 11 is 0. The van der Waals surface area contributed by atoms with Crippen molar-refractivity contribution in [1.29, 1.82) is 0 Å². The van der Waals surface area contributed by atoms with E-state index in [1.165, 1.54) is 5.56 Å². The molecule has 0 aliphatic carbocycles. The van der Waals surface area contributed by atoms with E-state index in [4.69, 9.17) is 0 Å². The van der Waals surface area contributed by atoms with Crippen molar-refractivity contribution in [2.75, 3.05) is 13.6 Å². The lowest BCUT2D eigenvalue weighted by Crippen LogP contribution is -2.35. The number of hydrogen-bond donors (Lipinski definition) is 0. The zero-order valence-electron chi connectivity index (χ0n) is 12.1. The van der Waals surface area contributed by atoms with E-state index < -0.39 is 0 Å². The van der Waals surface area contributed by atoms with Crippen LogP contribution in [0.4, 0.5) is 0 Å². The van der Waals surface area contributed by atoms with Gasteiger partial charge in [-0.15, -0.1) is 0 Å². The second-order valence-corrected chi connectivity index (χ2v) is 4.86. The third-order valence-corrected chi connectivity index (χ3v) is 3.64. The zero-order valence-corrected chi connectivity index (χ0v) is 12.1. The van der Waals surface area contributed by atoms with E-state index in [2.05, 4.69) is 25.7 Å². The highest BCUT2D eigenvalue weighted by Crippen LogP contribution is 2.10. The van der Waals surface area contributed by atoms with Crippen molar-refractivity contribution in [1.82, 2.24) is 4.90 Å². The topological polar surface area (TPSA) is 20.3 Å². The van der Waals surface area contributed by atoms with E-state index in [9.17, 15) is 4.79 Å². The molecule has 1 aromatic carbocycles. The average Bonchev–Trinajstić information content (AvgIpc) is 2.40. The number of rotatable bonds is 7. The molecule has 0 heterocycles. The molecule has 0 N–H and O–H groups in total. The minimum atomic E-state index is 0.215. The van der Waals surface area contributed by atoms with Gasteiger partial charge in [0, 0.05) is 11.6 Å². The first-order chi connectivity index (χ1) is 8.62. The summed E-state index contributed by atoms with van der Waals surface area (Å²) in [6.45, 7) is 6.98. The van der Waals surface area contributed by atoms with Crippen LogP contribution >= 0.6 is 0 Å². The number of benzene rings is 1. The van der Waals surface area contributed by atoms with Gasteiger partial charge >= 0.3 is 0 Å². The number of aryl methyl sites for hydroxylation is 1. The van der Waals surface area contributed by atoms with Crippen LogP contribution in [0.15, 0.2) is 24.3 Å². The highest BCUT2D eigenvalue weighted by atomic mass is 16.1. The molecule has 18 heavy (non-hydrogen) atoms. The Morgan fingerprint density at radius 1 is 1.11 bits per heavy atom. The highest BCUT2D eigenvalue weighted by Gasteiger charge is 2.15. The number of Topliss-reactive ketones (excluding diaryl/α,β-unsaturated/α-hetero) is 1. The van der Waals surface area contributed by atoms with Crippen LogP contribution < -0.4 is 0 Å². The lowest BCUT2D eigenvalue weighted by Gasteiger charge is -2.25. The van der Waals surface area contributed by atoms with Crippen LogP contribution in [-0.4, -0.2) is 30.3 Å². The van der Waals surface area contributed by atoms with Gasteiger partial charge in [-0.3, -0.25) is 9.69 Å². The molecule has 0 saturated heterocycles. The van der Waals surface area contributed by atoms with Gasteiger partial charge < -0.3 is 0 Å². The summed E-state index contributed by atoms with van der Waals surface area (Å²) in [6, 6.07) is 8.49. The molecule has 2 nitrogen and oxygen atoms in total. The number of nitrogens with zero attached hydrogens (tertiary/aromatic N) is 1. The Bertz CT molecular complexity index is 365. The first-order valence-electron chi connectivity index (χ1n) is 6.94. The number of ketones is 1.